The second kappa shape index (κ2) is 6.65. The van der Waals surface area contributed by atoms with Crippen LogP contribution in [-0.2, 0) is 16.0 Å². The Kier molecular flexibility index (Phi) is 4.66. The first-order chi connectivity index (χ1) is 10.1. The fraction of sp³-hybridized carbons (Fsp3) is 0.125. The van der Waals surface area contributed by atoms with E-state index in [2.05, 4.69) is 10.1 Å². The van der Waals surface area contributed by atoms with Gasteiger partial charge in [0.1, 0.15) is 5.82 Å². The van der Waals surface area contributed by atoms with E-state index in [0.717, 1.165) is 0 Å². The van der Waals surface area contributed by atoms with Crippen molar-refractivity contribution in [1.29, 1.82) is 0 Å². The zero-order valence-corrected chi connectivity index (χ0v) is 11.4. The number of benzene rings is 2. The first-order valence-corrected chi connectivity index (χ1v) is 6.32. The smallest absolute Gasteiger partial charge is 0.337 e. The molecule has 2 aromatic carbocycles. The summed E-state index contributed by atoms with van der Waals surface area (Å²) in [6, 6.07) is 12.5. The maximum absolute atomic E-state index is 13.5. The third kappa shape index (κ3) is 3.89. The molecule has 1 N–H and O–H groups in total. The van der Waals surface area contributed by atoms with E-state index >= 15 is 0 Å². The van der Waals surface area contributed by atoms with Gasteiger partial charge < -0.3 is 10.1 Å². The van der Waals surface area contributed by atoms with Crippen LogP contribution in [0, 0.1) is 5.82 Å². The van der Waals surface area contributed by atoms with Crippen molar-refractivity contribution in [2.75, 3.05) is 12.4 Å². The number of carbonyl (C=O) groups is 2. The van der Waals surface area contributed by atoms with Gasteiger partial charge in [-0.25, -0.2) is 9.18 Å². The zero-order valence-electron chi connectivity index (χ0n) is 11.4. The van der Waals surface area contributed by atoms with Crippen LogP contribution in [0.1, 0.15) is 15.9 Å². The largest absolute Gasteiger partial charge is 0.465 e. The van der Waals surface area contributed by atoms with E-state index in [4.69, 9.17) is 0 Å². The Balaban J connectivity index is 2.06. The molecule has 5 heteroatoms. The Morgan fingerprint density at radius 2 is 1.90 bits per heavy atom. The number of rotatable bonds is 4. The highest BCUT2D eigenvalue weighted by Gasteiger charge is 2.10. The molecule has 108 valence electrons. The van der Waals surface area contributed by atoms with Crippen molar-refractivity contribution in [2.45, 2.75) is 6.42 Å². The van der Waals surface area contributed by atoms with Gasteiger partial charge in [0.05, 0.1) is 19.1 Å². The van der Waals surface area contributed by atoms with E-state index in [1.165, 1.54) is 19.2 Å². The fourth-order valence-electron chi connectivity index (χ4n) is 1.86. The lowest BCUT2D eigenvalue weighted by Crippen LogP contribution is -2.15. The van der Waals surface area contributed by atoms with E-state index < -0.39 is 11.8 Å². The number of ether oxygens (including phenoxy) is 1. The third-order valence-corrected chi connectivity index (χ3v) is 2.88. The Labute approximate surface area is 121 Å². The van der Waals surface area contributed by atoms with Crippen LogP contribution in [0.25, 0.3) is 0 Å². The van der Waals surface area contributed by atoms with Crippen LogP contribution in [0.2, 0.25) is 0 Å². The Morgan fingerprint density at radius 3 is 2.62 bits per heavy atom. The molecule has 0 saturated carbocycles. The summed E-state index contributed by atoms with van der Waals surface area (Å²) >= 11 is 0. The van der Waals surface area contributed by atoms with Gasteiger partial charge >= 0.3 is 5.97 Å². The molecule has 0 atom stereocenters. The molecule has 0 aliphatic heterocycles. The van der Waals surface area contributed by atoms with E-state index in [0.29, 0.717) is 16.8 Å². The molecule has 2 rings (SSSR count). The molecule has 0 aliphatic carbocycles. The molecule has 0 aliphatic rings. The van der Waals surface area contributed by atoms with Crippen LogP contribution >= 0.6 is 0 Å². The lowest BCUT2D eigenvalue weighted by atomic mass is 10.1. The second-order valence-corrected chi connectivity index (χ2v) is 4.39. The van der Waals surface area contributed by atoms with Gasteiger partial charge in [-0.2, -0.15) is 0 Å². The van der Waals surface area contributed by atoms with Crippen LogP contribution in [0.15, 0.2) is 48.5 Å². The Hall–Kier alpha value is -2.69. The molecule has 21 heavy (non-hydrogen) atoms. The first-order valence-electron chi connectivity index (χ1n) is 6.32. The highest BCUT2D eigenvalue weighted by molar-refractivity contribution is 5.95. The van der Waals surface area contributed by atoms with E-state index in [9.17, 15) is 14.0 Å². The number of carbonyl (C=O) groups excluding carboxylic acids is 2. The molecule has 0 heterocycles. The molecule has 0 radical (unpaired) electrons. The lowest BCUT2D eigenvalue weighted by Gasteiger charge is -2.07. The normalized spacial score (nSPS) is 10.0. The van der Waals surface area contributed by atoms with Crippen LogP contribution in [0.3, 0.4) is 0 Å². The number of halogens is 1. The summed E-state index contributed by atoms with van der Waals surface area (Å²) in [5, 5.41) is 2.62. The number of hydrogen-bond acceptors (Lipinski definition) is 3. The minimum absolute atomic E-state index is 0.0743. The van der Waals surface area contributed by atoms with Crippen LogP contribution in [-0.4, -0.2) is 19.0 Å². The summed E-state index contributed by atoms with van der Waals surface area (Å²) in [4.78, 5) is 23.3. The summed E-state index contributed by atoms with van der Waals surface area (Å²) in [5.41, 5.74) is 1.11. The Morgan fingerprint density at radius 1 is 1.14 bits per heavy atom. The second-order valence-electron chi connectivity index (χ2n) is 4.39. The van der Waals surface area contributed by atoms with Crippen molar-refractivity contribution in [3.8, 4) is 0 Å². The average molecular weight is 287 g/mol. The number of methoxy groups -OCH3 is 1. The molecular weight excluding hydrogens is 273 g/mol. The summed E-state index contributed by atoms with van der Waals surface area (Å²) in [5.74, 6) is -1.27. The van der Waals surface area contributed by atoms with Crippen molar-refractivity contribution in [3.63, 3.8) is 0 Å². The first kappa shape index (κ1) is 14.7. The van der Waals surface area contributed by atoms with Gasteiger partial charge in [-0.3, -0.25) is 4.79 Å². The van der Waals surface area contributed by atoms with Gasteiger partial charge in [-0.1, -0.05) is 24.3 Å². The predicted molar refractivity (Wildman–Crippen MR) is 76.5 cm³/mol. The van der Waals surface area contributed by atoms with Crippen molar-refractivity contribution in [2.24, 2.45) is 0 Å². The lowest BCUT2D eigenvalue weighted by molar-refractivity contribution is -0.115. The summed E-state index contributed by atoms with van der Waals surface area (Å²) in [6.45, 7) is 0. The molecule has 0 aromatic heterocycles. The molecule has 1 amide bonds. The van der Waals surface area contributed by atoms with Gasteiger partial charge in [-0.15, -0.1) is 0 Å². The number of esters is 1. The van der Waals surface area contributed by atoms with Crippen LogP contribution in [0.5, 0.6) is 0 Å². The van der Waals surface area contributed by atoms with Crippen LogP contribution in [0.4, 0.5) is 10.1 Å². The SMILES string of the molecule is COC(=O)c1cccc(NC(=O)Cc2ccccc2F)c1. The summed E-state index contributed by atoms with van der Waals surface area (Å²) in [7, 11) is 1.28. The maximum atomic E-state index is 13.5. The number of anilines is 1. The molecule has 4 nitrogen and oxygen atoms in total. The molecule has 0 fully saturated rings. The number of nitrogens with one attached hydrogen (secondary N) is 1. The molecule has 0 spiro atoms. The minimum Gasteiger partial charge on any atom is -0.465 e. The van der Waals surface area contributed by atoms with Crippen molar-refractivity contribution < 1.29 is 18.7 Å². The van der Waals surface area contributed by atoms with E-state index in [1.807, 2.05) is 0 Å². The van der Waals surface area contributed by atoms with Gasteiger partial charge in [0, 0.05) is 5.69 Å². The quantitative estimate of drug-likeness (QED) is 0.880. The molecule has 0 unspecified atom stereocenters. The molecule has 0 saturated heterocycles. The number of hydrogen-bond donors (Lipinski definition) is 1. The van der Waals surface area contributed by atoms with Crippen molar-refractivity contribution in [1.82, 2.24) is 0 Å². The maximum Gasteiger partial charge on any atom is 0.337 e. The fourth-order valence-corrected chi connectivity index (χ4v) is 1.86. The van der Waals surface area contributed by atoms with E-state index in [1.54, 1.807) is 36.4 Å². The minimum atomic E-state index is -0.486. The summed E-state index contributed by atoms with van der Waals surface area (Å²) < 4.78 is 18.1. The monoisotopic (exact) mass is 287 g/mol. The van der Waals surface area contributed by atoms with Crippen molar-refractivity contribution in [3.05, 3.63) is 65.5 Å². The van der Waals surface area contributed by atoms with Gasteiger partial charge in [0.25, 0.3) is 0 Å². The van der Waals surface area contributed by atoms with Gasteiger partial charge in [-0.05, 0) is 29.8 Å². The highest BCUT2D eigenvalue weighted by atomic mass is 19.1. The van der Waals surface area contributed by atoms with Gasteiger partial charge in [0.2, 0.25) is 5.91 Å². The third-order valence-electron chi connectivity index (χ3n) is 2.88. The molecular formula is C16H14FNO3. The van der Waals surface area contributed by atoms with Crippen LogP contribution < -0.4 is 5.32 Å². The predicted octanol–water partition coefficient (Wildman–Crippen LogP) is 2.79. The van der Waals surface area contributed by atoms with Gasteiger partial charge in [0.15, 0.2) is 0 Å². The average Bonchev–Trinajstić information content (AvgIpc) is 2.49. The highest BCUT2D eigenvalue weighted by Crippen LogP contribution is 2.13. The zero-order chi connectivity index (χ0) is 15.2. The van der Waals surface area contributed by atoms with E-state index in [-0.39, 0.29) is 12.3 Å². The standard InChI is InChI=1S/C16H14FNO3/c1-21-16(20)12-6-4-7-13(9-12)18-15(19)10-11-5-2-3-8-14(11)17/h2-9H,10H2,1H3,(H,18,19). The molecule has 0 bridgehead atoms. The topological polar surface area (TPSA) is 55.4 Å². The summed E-state index contributed by atoms with van der Waals surface area (Å²) in [6.07, 6.45) is -0.0743. The Bertz CT molecular complexity index is 670. The number of amides is 1. The molecule has 2 aromatic rings. The van der Waals surface area contributed by atoms with Crippen molar-refractivity contribution >= 4 is 17.6 Å².